The van der Waals surface area contributed by atoms with Gasteiger partial charge in [0.25, 0.3) is 11.6 Å². The Morgan fingerprint density at radius 1 is 1.28 bits per heavy atom. The highest BCUT2D eigenvalue weighted by Crippen LogP contribution is 2.29. The van der Waals surface area contributed by atoms with Crippen LogP contribution in [0.15, 0.2) is 33.2 Å². The van der Waals surface area contributed by atoms with Crippen molar-refractivity contribution in [1.82, 2.24) is 15.0 Å². The molecule has 11 heteroatoms. The van der Waals surface area contributed by atoms with E-state index in [1.54, 1.807) is 11.0 Å². The van der Waals surface area contributed by atoms with Gasteiger partial charge in [-0.15, -0.1) is 0 Å². The maximum absolute atomic E-state index is 12.1. The monoisotopic (exact) mass is 444 g/mol. The molecule has 0 aliphatic carbocycles. The summed E-state index contributed by atoms with van der Waals surface area (Å²) in [5.74, 6) is 0.855. The topological polar surface area (TPSA) is 134 Å². The molecule has 0 spiro atoms. The van der Waals surface area contributed by atoms with Gasteiger partial charge in [-0.25, -0.2) is 4.79 Å². The molecule has 11 nitrogen and oxygen atoms in total. The highest BCUT2D eigenvalue weighted by molar-refractivity contribution is 5.83. The first-order valence-corrected chi connectivity index (χ1v) is 10.3. The lowest BCUT2D eigenvalue weighted by Gasteiger charge is -2.33. The second kappa shape index (κ2) is 8.58. The van der Waals surface area contributed by atoms with Crippen molar-refractivity contribution in [3.05, 3.63) is 40.2 Å². The Balaban J connectivity index is 1.31. The fourth-order valence-corrected chi connectivity index (χ4v) is 3.39. The summed E-state index contributed by atoms with van der Waals surface area (Å²) < 4.78 is 22.2. The summed E-state index contributed by atoms with van der Waals surface area (Å²) in [5.41, 5.74) is -0.0597. The Hall–Kier alpha value is -3.47. The third kappa shape index (κ3) is 5.05. The predicted octanol–water partition coefficient (Wildman–Crippen LogP) is 4.31. The minimum absolute atomic E-state index is 0.0256. The third-order valence-electron chi connectivity index (χ3n) is 4.93. The summed E-state index contributed by atoms with van der Waals surface area (Å²) in [7, 11) is 0. The highest BCUT2D eigenvalue weighted by Gasteiger charge is 2.27. The van der Waals surface area contributed by atoms with Crippen LogP contribution in [-0.4, -0.2) is 50.9 Å². The van der Waals surface area contributed by atoms with E-state index in [1.807, 2.05) is 20.8 Å². The number of non-ortho nitro benzene ring substituents is 1. The van der Waals surface area contributed by atoms with Crippen molar-refractivity contribution in [3.8, 4) is 11.7 Å². The number of benzene rings is 1. The third-order valence-corrected chi connectivity index (χ3v) is 4.93. The van der Waals surface area contributed by atoms with Gasteiger partial charge in [0.2, 0.25) is 0 Å². The van der Waals surface area contributed by atoms with E-state index in [-0.39, 0.29) is 30.4 Å². The van der Waals surface area contributed by atoms with Crippen LogP contribution < -0.4 is 0 Å². The minimum Gasteiger partial charge on any atom is -0.451 e. The van der Waals surface area contributed by atoms with Gasteiger partial charge in [-0.3, -0.25) is 10.1 Å². The summed E-state index contributed by atoms with van der Waals surface area (Å²) in [6.45, 7) is 6.80. The van der Waals surface area contributed by atoms with Gasteiger partial charge in [-0.2, -0.15) is 4.98 Å². The average molecular weight is 444 g/mol. The van der Waals surface area contributed by atoms with E-state index in [1.165, 1.54) is 18.2 Å². The number of nitro groups is 1. The van der Waals surface area contributed by atoms with Gasteiger partial charge in [0.1, 0.15) is 17.8 Å². The van der Waals surface area contributed by atoms with E-state index >= 15 is 0 Å². The second-order valence-corrected chi connectivity index (χ2v) is 8.58. The SMILES string of the molecule is CC(C)(C)OC(=O)N1CCC(OCc2noc(-c3cc4cc([N+](=O)[O-])ccc4o3)n2)CC1. The molecule has 1 aromatic carbocycles. The Morgan fingerprint density at radius 2 is 2.03 bits per heavy atom. The van der Waals surface area contributed by atoms with Crippen LogP contribution in [0.1, 0.15) is 39.4 Å². The first-order chi connectivity index (χ1) is 15.2. The van der Waals surface area contributed by atoms with Crippen LogP contribution in [0.4, 0.5) is 10.5 Å². The minimum atomic E-state index is -0.519. The number of fused-ring (bicyclic) bond motifs is 1. The van der Waals surface area contributed by atoms with Crippen molar-refractivity contribution < 1.29 is 28.1 Å². The smallest absolute Gasteiger partial charge is 0.410 e. The lowest BCUT2D eigenvalue weighted by atomic mass is 10.1. The molecule has 0 atom stereocenters. The molecule has 2 aromatic heterocycles. The van der Waals surface area contributed by atoms with Crippen LogP contribution in [0, 0.1) is 10.1 Å². The molecular weight excluding hydrogens is 420 g/mol. The maximum Gasteiger partial charge on any atom is 0.410 e. The van der Waals surface area contributed by atoms with Crippen molar-refractivity contribution in [2.75, 3.05) is 13.1 Å². The molecule has 0 saturated carbocycles. The van der Waals surface area contributed by atoms with Gasteiger partial charge in [0.15, 0.2) is 11.6 Å². The number of rotatable bonds is 5. The van der Waals surface area contributed by atoms with Crippen LogP contribution in [0.5, 0.6) is 0 Å². The Morgan fingerprint density at radius 3 is 2.72 bits per heavy atom. The second-order valence-electron chi connectivity index (χ2n) is 8.58. The number of nitrogens with zero attached hydrogens (tertiary/aromatic N) is 4. The first kappa shape index (κ1) is 21.8. The van der Waals surface area contributed by atoms with Gasteiger partial charge >= 0.3 is 6.09 Å². The Kier molecular flexibility index (Phi) is 5.83. The van der Waals surface area contributed by atoms with Crippen molar-refractivity contribution >= 4 is 22.7 Å². The van der Waals surface area contributed by atoms with Crippen LogP contribution in [0.2, 0.25) is 0 Å². The molecule has 170 valence electrons. The van der Waals surface area contributed by atoms with Crippen LogP contribution in [0.3, 0.4) is 0 Å². The van der Waals surface area contributed by atoms with Crippen molar-refractivity contribution in [1.29, 1.82) is 0 Å². The summed E-state index contributed by atoms with van der Waals surface area (Å²) in [6, 6.07) is 5.94. The number of furan rings is 1. The molecule has 0 radical (unpaired) electrons. The number of aromatic nitrogens is 2. The number of carbonyl (C=O) groups excluding carboxylic acids is 1. The maximum atomic E-state index is 12.1. The summed E-state index contributed by atoms with van der Waals surface area (Å²) in [6.07, 6.45) is 1.04. The van der Waals surface area contributed by atoms with Gasteiger partial charge in [0.05, 0.1) is 11.0 Å². The first-order valence-electron chi connectivity index (χ1n) is 10.3. The van der Waals surface area contributed by atoms with Crippen LogP contribution in [0.25, 0.3) is 22.6 Å². The van der Waals surface area contributed by atoms with Gasteiger partial charge in [0, 0.05) is 30.6 Å². The number of piperidine rings is 1. The van der Waals surface area contributed by atoms with Crippen molar-refractivity contribution in [2.24, 2.45) is 0 Å². The molecule has 3 heterocycles. The van der Waals surface area contributed by atoms with Crippen molar-refractivity contribution in [2.45, 2.75) is 51.9 Å². The van der Waals surface area contributed by atoms with Gasteiger partial charge in [-0.1, -0.05) is 5.16 Å². The van der Waals surface area contributed by atoms with Crippen molar-refractivity contribution in [3.63, 3.8) is 0 Å². The molecule has 4 rings (SSSR count). The molecule has 1 aliphatic heterocycles. The van der Waals surface area contributed by atoms with E-state index in [2.05, 4.69) is 10.1 Å². The molecule has 3 aromatic rings. The number of likely N-dealkylation sites (tertiary alicyclic amines) is 1. The number of ether oxygens (including phenoxy) is 2. The van der Waals surface area contributed by atoms with E-state index < -0.39 is 10.5 Å². The molecule has 0 unspecified atom stereocenters. The molecule has 0 bridgehead atoms. The normalized spacial score (nSPS) is 15.3. The summed E-state index contributed by atoms with van der Waals surface area (Å²) >= 11 is 0. The van der Waals surface area contributed by atoms with Gasteiger partial charge < -0.3 is 23.3 Å². The Bertz CT molecular complexity index is 1120. The van der Waals surface area contributed by atoms with Gasteiger partial charge in [-0.05, 0) is 45.7 Å². The zero-order valence-electron chi connectivity index (χ0n) is 18.1. The van der Waals surface area contributed by atoms with E-state index in [9.17, 15) is 14.9 Å². The number of nitro benzene ring substituents is 1. The Labute approximate surface area is 183 Å². The molecule has 32 heavy (non-hydrogen) atoms. The van der Waals surface area contributed by atoms with E-state index in [0.717, 1.165) is 0 Å². The number of carbonyl (C=O) groups is 1. The number of hydrogen-bond acceptors (Lipinski definition) is 9. The molecule has 1 saturated heterocycles. The molecule has 1 amide bonds. The standard InChI is InChI=1S/C21H24N4O7/c1-21(2,3)31-20(26)24-8-6-15(7-9-24)29-12-18-22-19(32-23-18)17-11-13-10-14(25(27)28)4-5-16(13)30-17/h4-5,10-11,15H,6-9,12H2,1-3H3. The van der Waals surface area contributed by atoms with E-state index in [4.69, 9.17) is 18.4 Å². The van der Waals surface area contributed by atoms with Crippen LogP contribution >= 0.6 is 0 Å². The fraction of sp³-hybridized carbons (Fsp3) is 0.476. The quantitative estimate of drug-likeness (QED) is 0.417. The largest absolute Gasteiger partial charge is 0.451 e. The summed E-state index contributed by atoms with van der Waals surface area (Å²) in [5, 5.41) is 15.4. The molecular formula is C21H24N4O7. The highest BCUT2D eigenvalue weighted by atomic mass is 16.6. The zero-order valence-corrected chi connectivity index (χ0v) is 18.1. The molecule has 1 fully saturated rings. The van der Waals surface area contributed by atoms with Crippen LogP contribution in [-0.2, 0) is 16.1 Å². The molecule has 1 aliphatic rings. The molecule has 0 N–H and O–H groups in total. The van der Waals surface area contributed by atoms with E-state index in [0.29, 0.717) is 48.5 Å². The lowest BCUT2D eigenvalue weighted by Crippen LogP contribution is -2.43. The number of amides is 1. The lowest BCUT2D eigenvalue weighted by molar-refractivity contribution is -0.384. The fourth-order valence-electron chi connectivity index (χ4n) is 3.39. The summed E-state index contributed by atoms with van der Waals surface area (Å²) in [4.78, 5) is 28.6. The number of hydrogen-bond donors (Lipinski definition) is 0. The predicted molar refractivity (Wildman–Crippen MR) is 112 cm³/mol. The average Bonchev–Trinajstić information content (AvgIpc) is 3.37. The zero-order chi connectivity index (χ0) is 22.9.